The average molecular weight is 300 g/mol. The second kappa shape index (κ2) is 7.45. The third kappa shape index (κ3) is 5.33. The molecule has 94 valence electrons. The molecule has 1 rings (SSSR count). The molecule has 0 saturated carbocycles. The van der Waals surface area contributed by atoms with Gasteiger partial charge in [-0.15, -0.1) is 0 Å². The zero-order valence-electron chi connectivity index (χ0n) is 10.3. The van der Waals surface area contributed by atoms with Crippen molar-refractivity contribution >= 4 is 21.9 Å². The van der Waals surface area contributed by atoms with Crippen LogP contribution in [0.25, 0.3) is 0 Å². The maximum atomic E-state index is 11.1. The van der Waals surface area contributed by atoms with E-state index >= 15 is 0 Å². The summed E-state index contributed by atoms with van der Waals surface area (Å²) in [5, 5.41) is 3.08. The largest absolute Gasteiger partial charge is 0.465 e. The van der Waals surface area contributed by atoms with E-state index in [1.54, 1.807) is 0 Å². The van der Waals surface area contributed by atoms with Crippen LogP contribution in [-0.4, -0.2) is 25.7 Å². The Morgan fingerprint density at radius 1 is 1.47 bits per heavy atom. The van der Waals surface area contributed by atoms with Gasteiger partial charge < -0.3 is 10.1 Å². The summed E-state index contributed by atoms with van der Waals surface area (Å²) in [6.07, 6.45) is 0.907. The molecule has 0 bridgehead atoms. The van der Waals surface area contributed by atoms with Crippen LogP contribution in [-0.2, 0) is 16.0 Å². The van der Waals surface area contributed by atoms with Crippen LogP contribution >= 0.6 is 15.9 Å². The zero-order chi connectivity index (χ0) is 12.7. The highest BCUT2D eigenvalue weighted by atomic mass is 79.9. The second-order valence-corrected chi connectivity index (χ2v) is 4.72. The Kier molecular flexibility index (Phi) is 6.22. The molecule has 4 heteroatoms. The van der Waals surface area contributed by atoms with Gasteiger partial charge >= 0.3 is 5.97 Å². The molecule has 1 N–H and O–H groups in total. The maximum Gasteiger partial charge on any atom is 0.319 e. The average Bonchev–Trinajstić information content (AvgIpc) is 2.29. The monoisotopic (exact) mass is 299 g/mol. The van der Waals surface area contributed by atoms with E-state index in [0.29, 0.717) is 6.61 Å². The van der Waals surface area contributed by atoms with Gasteiger partial charge in [-0.05, 0) is 50.1 Å². The lowest BCUT2D eigenvalue weighted by molar-refractivity contribution is -0.141. The summed E-state index contributed by atoms with van der Waals surface area (Å²) in [6, 6.07) is 6.23. The van der Waals surface area contributed by atoms with E-state index in [4.69, 9.17) is 4.74 Å². The number of carbonyl (C=O) groups is 1. The normalized spacial score (nSPS) is 10.3. The number of nitrogens with one attached hydrogen (secondary N) is 1. The van der Waals surface area contributed by atoms with E-state index in [-0.39, 0.29) is 12.5 Å². The molecular weight excluding hydrogens is 282 g/mol. The minimum atomic E-state index is -0.196. The Morgan fingerprint density at radius 2 is 2.24 bits per heavy atom. The molecule has 0 fully saturated rings. The van der Waals surface area contributed by atoms with Gasteiger partial charge in [0.05, 0.1) is 13.2 Å². The third-order valence-corrected chi connectivity index (χ3v) is 2.95. The lowest BCUT2D eigenvalue weighted by Gasteiger charge is -2.07. The van der Waals surface area contributed by atoms with Crippen LogP contribution in [0, 0.1) is 6.92 Å². The molecule has 0 radical (unpaired) electrons. The van der Waals surface area contributed by atoms with Crippen molar-refractivity contribution in [3.63, 3.8) is 0 Å². The Labute approximate surface area is 111 Å². The highest BCUT2D eigenvalue weighted by molar-refractivity contribution is 9.10. The van der Waals surface area contributed by atoms with Crippen LogP contribution < -0.4 is 5.32 Å². The van der Waals surface area contributed by atoms with Gasteiger partial charge in [0.15, 0.2) is 0 Å². The first-order valence-corrected chi connectivity index (χ1v) is 6.54. The molecule has 0 aromatic heterocycles. The van der Waals surface area contributed by atoms with Crippen molar-refractivity contribution in [2.75, 3.05) is 19.7 Å². The van der Waals surface area contributed by atoms with Gasteiger partial charge in [-0.3, -0.25) is 4.79 Å². The van der Waals surface area contributed by atoms with Crippen molar-refractivity contribution in [2.45, 2.75) is 20.3 Å². The molecule has 0 atom stereocenters. The quantitative estimate of drug-likeness (QED) is 0.648. The SMILES string of the molecule is CCOC(=O)CNCCc1cc(Br)ccc1C. The second-order valence-electron chi connectivity index (χ2n) is 3.80. The van der Waals surface area contributed by atoms with Crippen molar-refractivity contribution in [3.05, 3.63) is 33.8 Å². The van der Waals surface area contributed by atoms with E-state index in [0.717, 1.165) is 17.4 Å². The molecular formula is C13H18BrNO2. The predicted molar refractivity (Wildman–Crippen MR) is 72.1 cm³/mol. The summed E-state index contributed by atoms with van der Waals surface area (Å²) in [5.41, 5.74) is 2.56. The van der Waals surface area contributed by atoms with Crippen molar-refractivity contribution < 1.29 is 9.53 Å². The highest BCUT2D eigenvalue weighted by Gasteiger charge is 2.02. The molecule has 0 aliphatic rings. The summed E-state index contributed by atoms with van der Waals surface area (Å²) in [5.74, 6) is -0.196. The Hall–Kier alpha value is -0.870. The number of ether oxygens (including phenoxy) is 1. The number of halogens is 1. The summed E-state index contributed by atoms with van der Waals surface area (Å²) in [6.45, 7) is 5.39. The topological polar surface area (TPSA) is 38.3 Å². The third-order valence-electron chi connectivity index (χ3n) is 2.46. The number of esters is 1. The standard InChI is InChI=1S/C13H18BrNO2/c1-3-17-13(16)9-15-7-6-11-8-12(14)5-4-10(11)2/h4-5,8,15H,3,6-7,9H2,1-2H3. The van der Waals surface area contributed by atoms with Gasteiger partial charge in [0.1, 0.15) is 0 Å². The molecule has 17 heavy (non-hydrogen) atoms. The van der Waals surface area contributed by atoms with Gasteiger partial charge in [0, 0.05) is 4.47 Å². The first kappa shape index (κ1) is 14.2. The molecule has 0 unspecified atom stereocenters. The Balaban J connectivity index is 2.31. The van der Waals surface area contributed by atoms with Gasteiger partial charge in [0.25, 0.3) is 0 Å². The van der Waals surface area contributed by atoms with Crippen LogP contribution in [0.1, 0.15) is 18.1 Å². The minimum absolute atomic E-state index is 0.196. The van der Waals surface area contributed by atoms with Crippen molar-refractivity contribution in [3.8, 4) is 0 Å². The minimum Gasteiger partial charge on any atom is -0.465 e. The lowest BCUT2D eigenvalue weighted by atomic mass is 10.1. The van der Waals surface area contributed by atoms with E-state index in [1.807, 2.05) is 13.0 Å². The maximum absolute atomic E-state index is 11.1. The molecule has 3 nitrogen and oxygen atoms in total. The van der Waals surface area contributed by atoms with Crippen LogP contribution in [0.3, 0.4) is 0 Å². The molecule has 0 spiro atoms. The number of rotatable bonds is 6. The van der Waals surface area contributed by atoms with E-state index in [2.05, 4.69) is 40.3 Å². The Bertz CT molecular complexity index is 380. The van der Waals surface area contributed by atoms with Crippen LogP contribution in [0.2, 0.25) is 0 Å². The summed E-state index contributed by atoms with van der Waals surface area (Å²) < 4.78 is 5.91. The van der Waals surface area contributed by atoms with E-state index in [9.17, 15) is 4.79 Å². The molecule has 0 heterocycles. The molecule has 0 aliphatic heterocycles. The zero-order valence-corrected chi connectivity index (χ0v) is 11.8. The first-order chi connectivity index (χ1) is 8.13. The number of benzene rings is 1. The Morgan fingerprint density at radius 3 is 2.94 bits per heavy atom. The lowest BCUT2D eigenvalue weighted by Crippen LogP contribution is -2.26. The van der Waals surface area contributed by atoms with Crippen molar-refractivity contribution in [2.24, 2.45) is 0 Å². The van der Waals surface area contributed by atoms with Gasteiger partial charge in [-0.1, -0.05) is 22.0 Å². The van der Waals surface area contributed by atoms with Crippen LogP contribution in [0.5, 0.6) is 0 Å². The molecule has 0 amide bonds. The fourth-order valence-electron chi connectivity index (χ4n) is 1.53. The molecule has 0 aliphatic carbocycles. The summed E-state index contributed by atoms with van der Waals surface area (Å²) in [4.78, 5) is 11.1. The number of aryl methyl sites for hydroxylation is 1. The smallest absolute Gasteiger partial charge is 0.319 e. The first-order valence-electron chi connectivity index (χ1n) is 5.75. The van der Waals surface area contributed by atoms with Gasteiger partial charge in [-0.25, -0.2) is 0 Å². The van der Waals surface area contributed by atoms with Gasteiger partial charge in [-0.2, -0.15) is 0 Å². The number of carbonyl (C=O) groups excluding carboxylic acids is 1. The molecule has 0 saturated heterocycles. The molecule has 1 aromatic rings. The predicted octanol–water partition coefficient (Wildman–Crippen LogP) is 2.45. The number of hydrogen-bond donors (Lipinski definition) is 1. The van der Waals surface area contributed by atoms with Crippen LogP contribution in [0.4, 0.5) is 0 Å². The van der Waals surface area contributed by atoms with E-state index in [1.165, 1.54) is 11.1 Å². The summed E-state index contributed by atoms with van der Waals surface area (Å²) >= 11 is 3.45. The van der Waals surface area contributed by atoms with Gasteiger partial charge in [0.2, 0.25) is 0 Å². The fourth-order valence-corrected chi connectivity index (χ4v) is 1.94. The highest BCUT2D eigenvalue weighted by Crippen LogP contribution is 2.16. The fraction of sp³-hybridized carbons (Fsp3) is 0.462. The summed E-state index contributed by atoms with van der Waals surface area (Å²) in [7, 11) is 0. The van der Waals surface area contributed by atoms with Crippen molar-refractivity contribution in [1.82, 2.24) is 5.32 Å². The van der Waals surface area contributed by atoms with Crippen LogP contribution in [0.15, 0.2) is 22.7 Å². The molecule has 1 aromatic carbocycles. The number of hydrogen-bond acceptors (Lipinski definition) is 3. The van der Waals surface area contributed by atoms with E-state index < -0.39 is 0 Å². The van der Waals surface area contributed by atoms with Crippen molar-refractivity contribution in [1.29, 1.82) is 0 Å².